The lowest BCUT2D eigenvalue weighted by Crippen LogP contribution is -2.60. The van der Waals surface area contributed by atoms with E-state index >= 15 is 0 Å². The van der Waals surface area contributed by atoms with Gasteiger partial charge in [0.2, 0.25) is 10.4 Å². The van der Waals surface area contributed by atoms with Gasteiger partial charge >= 0.3 is 5.88 Å². The van der Waals surface area contributed by atoms with Crippen molar-refractivity contribution in [1.82, 2.24) is 20.5 Å². The summed E-state index contributed by atoms with van der Waals surface area (Å²) in [7, 11) is 0. The lowest BCUT2D eigenvalue weighted by molar-refractivity contribution is -0.759. The highest BCUT2D eigenvalue weighted by Crippen LogP contribution is 2.29. The van der Waals surface area contributed by atoms with Crippen LogP contribution < -0.4 is 14.9 Å². The molecule has 4 aromatic rings. The van der Waals surface area contributed by atoms with Crippen LogP contribution in [-0.4, -0.2) is 45.2 Å². The number of benzene rings is 2. The van der Waals surface area contributed by atoms with E-state index in [4.69, 9.17) is 9.51 Å². The molecule has 0 radical (unpaired) electrons. The zero-order chi connectivity index (χ0) is 23.2. The molecule has 172 valence electrons. The molecule has 0 bridgehead atoms. The highest BCUT2D eigenvalue weighted by molar-refractivity contribution is 7.99. The van der Waals surface area contributed by atoms with Crippen LogP contribution in [0.1, 0.15) is 19.3 Å². The Balaban J connectivity index is 1.32. The third-order valence-corrected chi connectivity index (χ3v) is 6.21. The fourth-order valence-electron chi connectivity index (χ4n) is 3.74. The topological polar surface area (TPSA) is 107 Å². The van der Waals surface area contributed by atoms with E-state index in [2.05, 4.69) is 25.5 Å². The molecule has 1 saturated heterocycles. The van der Waals surface area contributed by atoms with Crippen molar-refractivity contribution in [3.05, 3.63) is 66.9 Å². The number of nitrogens with zero attached hydrogens (tertiary/aromatic N) is 7. The third-order valence-electron chi connectivity index (χ3n) is 5.39. The molecule has 1 aliphatic heterocycles. The van der Waals surface area contributed by atoms with E-state index in [1.165, 1.54) is 18.2 Å². The molecule has 9 nitrogen and oxygen atoms in total. The minimum Gasteiger partial charge on any atom is -0.861 e. The van der Waals surface area contributed by atoms with E-state index in [-0.39, 0.29) is 17.5 Å². The normalized spacial score (nSPS) is 14.4. The van der Waals surface area contributed by atoms with Crippen LogP contribution in [0.15, 0.2) is 81.5 Å². The summed E-state index contributed by atoms with van der Waals surface area (Å²) in [5.41, 5.74) is 3.26. The van der Waals surface area contributed by atoms with Gasteiger partial charge in [0.25, 0.3) is 6.20 Å². The molecule has 1 fully saturated rings. The smallest absolute Gasteiger partial charge is 0.324 e. The Labute approximate surface area is 201 Å². The van der Waals surface area contributed by atoms with Crippen LogP contribution in [0.3, 0.4) is 0 Å². The lowest BCUT2D eigenvalue weighted by Gasteiger charge is -2.17. The first-order chi connectivity index (χ1) is 16.8. The largest absolute Gasteiger partial charge is 0.861 e. The maximum Gasteiger partial charge on any atom is 0.324 e. The fourth-order valence-corrected chi connectivity index (χ4v) is 4.31. The van der Waals surface area contributed by atoms with Gasteiger partial charge in [-0.2, -0.15) is 5.01 Å². The molecule has 0 saturated carbocycles. The van der Waals surface area contributed by atoms with Crippen LogP contribution in [0, 0.1) is 0 Å². The molecule has 2 aromatic heterocycles. The molecule has 0 spiro atoms. The molecule has 34 heavy (non-hydrogen) atoms. The van der Waals surface area contributed by atoms with Crippen molar-refractivity contribution in [3.8, 4) is 22.5 Å². The SMILES string of the molecule is [O-]/C(CSc1nnc(-c2ccccc2)c(-c2ccccc2)n1)=N\c1c[n+](N2CCCCC2)no1. The second-order valence-corrected chi connectivity index (χ2v) is 8.74. The zero-order valence-corrected chi connectivity index (χ0v) is 19.3. The van der Waals surface area contributed by atoms with E-state index in [0.717, 1.165) is 37.1 Å². The predicted octanol–water partition coefficient (Wildman–Crippen LogP) is 2.79. The number of rotatable bonds is 7. The molecular formula is C24H23N7O2S. The van der Waals surface area contributed by atoms with Crippen LogP contribution in [0.5, 0.6) is 0 Å². The van der Waals surface area contributed by atoms with Gasteiger partial charge in [-0.25, -0.2) is 9.98 Å². The van der Waals surface area contributed by atoms with Gasteiger partial charge in [-0.3, -0.25) is 4.52 Å². The summed E-state index contributed by atoms with van der Waals surface area (Å²) < 4.78 is 5.21. The van der Waals surface area contributed by atoms with Gasteiger partial charge in [0.1, 0.15) is 11.4 Å². The molecule has 0 amide bonds. The lowest BCUT2D eigenvalue weighted by atomic mass is 10.0. The summed E-state index contributed by atoms with van der Waals surface area (Å²) in [5.74, 6) is -0.117. The Morgan fingerprint density at radius 1 is 0.941 bits per heavy atom. The van der Waals surface area contributed by atoms with E-state index in [0.29, 0.717) is 16.5 Å². The van der Waals surface area contributed by atoms with Crippen molar-refractivity contribution < 1.29 is 14.4 Å². The number of aromatic nitrogens is 5. The first kappa shape index (κ1) is 22.0. The summed E-state index contributed by atoms with van der Waals surface area (Å²) >= 11 is 1.19. The van der Waals surface area contributed by atoms with Crippen molar-refractivity contribution in [2.24, 2.45) is 4.99 Å². The Bertz CT molecular complexity index is 1260. The maximum absolute atomic E-state index is 12.4. The monoisotopic (exact) mass is 473 g/mol. The van der Waals surface area contributed by atoms with Crippen LogP contribution in [0.2, 0.25) is 0 Å². The van der Waals surface area contributed by atoms with Crippen molar-refractivity contribution in [3.63, 3.8) is 0 Å². The number of hydrogen-bond acceptors (Lipinski definition) is 9. The number of piperidine rings is 1. The molecule has 10 heteroatoms. The molecule has 0 N–H and O–H groups in total. The van der Waals surface area contributed by atoms with Gasteiger partial charge in [-0.05, 0) is 25.2 Å². The second kappa shape index (κ2) is 10.4. The molecule has 0 atom stereocenters. The number of thioether (sulfide) groups is 1. The molecule has 5 rings (SSSR count). The van der Waals surface area contributed by atoms with Crippen LogP contribution in [0.25, 0.3) is 22.5 Å². The van der Waals surface area contributed by atoms with Crippen molar-refractivity contribution in [2.75, 3.05) is 23.9 Å². The fraction of sp³-hybridized carbons (Fsp3) is 0.250. The van der Waals surface area contributed by atoms with Crippen molar-refractivity contribution in [1.29, 1.82) is 0 Å². The standard InChI is InChI=1S/C24H23N7O2S/c32-20(25-21-16-31(29-33-21)30-14-8-3-9-15-30)17-34-24-26-22(18-10-4-1-5-11-18)23(27-28-24)19-12-6-2-7-13-19/h1-2,4-7,10-13,16H,3,8-9,14-15,17H2. The first-order valence-electron chi connectivity index (χ1n) is 11.1. The highest BCUT2D eigenvalue weighted by atomic mass is 32.2. The van der Waals surface area contributed by atoms with Gasteiger partial charge in [0.15, 0.2) is 0 Å². The average Bonchev–Trinajstić information content (AvgIpc) is 3.37. The molecule has 0 unspecified atom stereocenters. The maximum atomic E-state index is 12.4. The van der Waals surface area contributed by atoms with Crippen LogP contribution in [0.4, 0.5) is 5.88 Å². The van der Waals surface area contributed by atoms with Crippen LogP contribution in [-0.2, 0) is 0 Å². The number of aliphatic imine (C=N–C) groups is 1. The minimum absolute atomic E-state index is 0.0605. The van der Waals surface area contributed by atoms with Crippen LogP contribution >= 0.6 is 11.8 Å². The van der Waals surface area contributed by atoms with E-state index < -0.39 is 0 Å². The minimum atomic E-state index is -0.357. The van der Waals surface area contributed by atoms with E-state index in [1.54, 1.807) is 11.0 Å². The molecule has 2 aromatic carbocycles. The summed E-state index contributed by atoms with van der Waals surface area (Å²) in [5, 5.41) is 27.6. The van der Waals surface area contributed by atoms with Gasteiger partial charge < -0.3 is 5.11 Å². The van der Waals surface area contributed by atoms with Crippen molar-refractivity contribution in [2.45, 2.75) is 24.4 Å². The Kier molecular flexibility index (Phi) is 6.76. The van der Waals surface area contributed by atoms with Gasteiger partial charge in [0.05, 0.1) is 17.9 Å². The Hall–Kier alpha value is -3.79. The van der Waals surface area contributed by atoms with Gasteiger partial charge in [-0.1, -0.05) is 72.4 Å². The molecule has 1 aliphatic rings. The van der Waals surface area contributed by atoms with Gasteiger partial charge in [-0.15, -0.1) is 10.2 Å². The van der Waals surface area contributed by atoms with Gasteiger partial charge in [0, 0.05) is 16.9 Å². The molecular weight excluding hydrogens is 450 g/mol. The van der Waals surface area contributed by atoms with E-state index in [1.807, 2.05) is 60.7 Å². The zero-order valence-electron chi connectivity index (χ0n) is 18.4. The average molecular weight is 474 g/mol. The Morgan fingerprint density at radius 2 is 1.62 bits per heavy atom. The number of hydrogen-bond donors (Lipinski definition) is 0. The van der Waals surface area contributed by atoms with E-state index in [9.17, 15) is 5.11 Å². The Morgan fingerprint density at radius 3 is 2.32 bits per heavy atom. The third kappa shape index (κ3) is 5.23. The first-order valence-corrected chi connectivity index (χ1v) is 12.1. The van der Waals surface area contributed by atoms with Crippen molar-refractivity contribution >= 4 is 23.5 Å². The predicted molar refractivity (Wildman–Crippen MR) is 127 cm³/mol. The molecule has 3 heterocycles. The summed E-state index contributed by atoms with van der Waals surface area (Å²) in [6.07, 6.45) is 5.08. The summed E-state index contributed by atoms with van der Waals surface area (Å²) in [4.78, 5) is 10.4. The summed E-state index contributed by atoms with van der Waals surface area (Å²) in [6.45, 7) is 1.82. The molecule has 0 aliphatic carbocycles. The second-order valence-electron chi connectivity index (χ2n) is 7.79. The summed E-state index contributed by atoms with van der Waals surface area (Å²) in [6, 6.07) is 19.6. The highest BCUT2D eigenvalue weighted by Gasteiger charge is 2.22. The quantitative estimate of drug-likeness (QED) is 0.175.